The molecule has 0 saturated heterocycles. The van der Waals surface area contributed by atoms with Crippen molar-refractivity contribution in [2.75, 3.05) is 0 Å². The fourth-order valence-corrected chi connectivity index (χ4v) is 3.21. The van der Waals surface area contributed by atoms with Gasteiger partial charge in [-0.1, -0.05) is 55.5 Å². The van der Waals surface area contributed by atoms with Gasteiger partial charge in [-0.05, 0) is 56.9 Å². The summed E-state index contributed by atoms with van der Waals surface area (Å²) in [5, 5.41) is 2.76. The molecule has 2 aromatic carbocycles. The molecule has 1 amide bonds. The maximum absolute atomic E-state index is 12.7. The van der Waals surface area contributed by atoms with Gasteiger partial charge < -0.3 is 14.8 Å². The number of hydrogen-bond donors (Lipinski definition) is 1. The van der Waals surface area contributed by atoms with Crippen molar-refractivity contribution in [3.05, 3.63) is 77.4 Å². The summed E-state index contributed by atoms with van der Waals surface area (Å²) in [6.45, 7) is 8.63. The van der Waals surface area contributed by atoms with Crippen molar-refractivity contribution in [2.45, 2.75) is 52.6 Å². The zero-order valence-corrected chi connectivity index (χ0v) is 19.2. The lowest BCUT2D eigenvalue weighted by Gasteiger charge is -2.27. The monoisotopic (exact) mass is 463 g/mol. The third-order valence-corrected chi connectivity index (χ3v) is 4.58. The smallest absolute Gasteiger partial charge is 0.444 e. The Morgan fingerprint density at radius 2 is 1.55 bits per heavy atom. The Labute approximate surface area is 191 Å². The molecule has 2 atom stereocenters. The van der Waals surface area contributed by atoms with E-state index in [1.54, 1.807) is 65.0 Å². The van der Waals surface area contributed by atoms with Gasteiger partial charge >= 0.3 is 12.5 Å². The Balaban J connectivity index is 2.31. The molecule has 0 aliphatic carbocycles. The van der Waals surface area contributed by atoms with E-state index in [4.69, 9.17) is 4.74 Å². The van der Waals surface area contributed by atoms with E-state index < -0.39 is 24.1 Å². The van der Waals surface area contributed by atoms with Crippen LogP contribution in [0.4, 0.5) is 18.0 Å². The van der Waals surface area contributed by atoms with Crippen LogP contribution in [0.5, 0.6) is 5.75 Å². The Bertz CT molecular complexity index is 977. The topological polar surface area (TPSA) is 64.6 Å². The third-order valence-electron chi connectivity index (χ3n) is 4.58. The molecule has 0 heterocycles. The number of carbonyl (C=O) groups is 2. The molecule has 0 aromatic heterocycles. The molecule has 0 aliphatic rings. The summed E-state index contributed by atoms with van der Waals surface area (Å²) in [4.78, 5) is 25.2. The fraction of sp³-hybridized carbons (Fsp3) is 0.360. The Morgan fingerprint density at radius 1 is 0.970 bits per heavy atom. The predicted molar refractivity (Wildman–Crippen MR) is 119 cm³/mol. The number of carbonyl (C=O) groups excluding carboxylic acids is 2. The van der Waals surface area contributed by atoms with E-state index in [9.17, 15) is 22.8 Å². The zero-order chi connectivity index (χ0) is 24.8. The summed E-state index contributed by atoms with van der Waals surface area (Å²) in [5.41, 5.74) is 0.793. The van der Waals surface area contributed by atoms with E-state index >= 15 is 0 Å². The van der Waals surface area contributed by atoms with Crippen molar-refractivity contribution in [1.29, 1.82) is 0 Å². The highest BCUT2D eigenvalue weighted by atomic mass is 19.4. The van der Waals surface area contributed by atoms with E-state index in [2.05, 4.69) is 10.1 Å². The summed E-state index contributed by atoms with van der Waals surface area (Å²) >= 11 is 0. The lowest BCUT2D eigenvalue weighted by molar-refractivity contribution is -0.274. The van der Waals surface area contributed by atoms with Gasteiger partial charge in [0.1, 0.15) is 11.4 Å². The van der Waals surface area contributed by atoms with E-state index in [1.165, 1.54) is 24.3 Å². The number of ketones is 1. The maximum Gasteiger partial charge on any atom is 0.573 e. The number of ether oxygens (including phenoxy) is 2. The van der Waals surface area contributed by atoms with Crippen LogP contribution in [0.3, 0.4) is 0 Å². The first-order chi connectivity index (χ1) is 15.2. The Hall–Kier alpha value is -3.29. The lowest BCUT2D eigenvalue weighted by Crippen LogP contribution is -2.37. The number of amides is 1. The summed E-state index contributed by atoms with van der Waals surface area (Å²) in [5.74, 6) is -0.923. The molecule has 33 heavy (non-hydrogen) atoms. The predicted octanol–water partition coefficient (Wildman–Crippen LogP) is 6.62. The van der Waals surface area contributed by atoms with Crippen molar-refractivity contribution in [3.8, 4) is 5.75 Å². The first kappa shape index (κ1) is 26.0. The van der Waals surface area contributed by atoms with Gasteiger partial charge in [-0.2, -0.15) is 0 Å². The van der Waals surface area contributed by atoms with Gasteiger partial charge in [-0.3, -0.25) is 4.79 Å². The quantitative estimate of drug-likeness (QED) is 0.370. The van der Waals surface area contributed by atoms with E-state index in [0.717, 1.165) is 0 Å². The Morgan fingerprint density at radius 3 is 2.06 bits per heavy atom. The van der Waals surface area contributed by atoms with E-state index in [-0.39, 0.29) is 17.5 Å². The number of rotatable bonds is 7. The molecule has 2 aromatic rings. The SMILES string of the molecule is C/C(=C\[C@H](C)[C@H](NC(=O)OC(C)(C)C)c1ccc(OC(F)(F)F)cc1)C(=O)c1ccccc1. The van der Waals surface area contributed by atoms with Gasteiger partial charge in [0.2, 0.25) is 0 Å². The number of nitrogens with one attached hydrogen (secondary N) is 1. The van der Waals surface area contributed by atoms with Crippen LogP contribution in [-0.4, -0.2) is 23.8 Å². The van der Waals surface area contributed by atoms with Crippen LogP contribution in [0.2, 0.25) is 0 Å². The minimum atomic E-state index is -4.80. The third kappa shape index (κ3) is 8.63. The van der Waals surface area contributed by atoms with Gasteiger partial charge in [0, 0.05) is 5.56 Å². The second-order valence-electron chi connectivity index (χ2n) is 8.64. The molecule has 8 heteroatoms. The van der Waals surface area contributed by atoms with Crippen LogP contribution in [0.1, 0.15) is 56.6 Å². The maximum atomic E-state index is 12.7. The molecule has 0 spiro atoms. The van der Waals surface area contributed by atoms with Crippen molar-refractivity contribution in [3.63, 3.8) is 0 Å². The molecule has 0 bridgehead atoms. The number of hydrogen-bond acceptors (Lipinski definition) is 4. The van der Waals surface area contributed by atoms with Crippen LogP contribution >= 0.6 is 0 Å². The largest absolute Gasteiger partial charge is 0.573 e. The zero-order valence-electron chi connectivity index (χ0n) is 19.2. The standard InChI is InChI=1S/C25H28F3NO4/c1-16(15-17(2)22(30)19-9-7-6-8-10-19)21(29-23(31)33-24(3,4)5)18-11-13-20(14-12-18)32-25(26,27)28/h6-16,21H,1-5H3,(H,29,31)/b17-15+/t16-,21-/m0/s1. The number of benzene rings is 2. The fourth-order valence-electron chi connectivity index (χ4n) is 3.21. The molecule has 2 rings (SSSR count). The van der Waals surface area contributed by atoms with Gasteiger partial charge in [0.15, 0.2) is 5.78 Å². The van der Waals surface area contributed by atoms with Crippen molar-refractivity contribution >= 4 is 11.9 Å². The van der Waals surface area contributed by atoms with Crippen LogP contribution < -0.4 is 10.1 Å². The van der Waals surface area contributed by atoms with E-state index in [1.807, 2.05) is 6.07 Å². The minimum Gasteiger partial charge on any atom is -0.444 e. The molecular weight excluding hydrogens is 435 g/mol. The highest BCUT2D eigenvalue weighted by molar-refractivity contribution is 6.08. The van der Waals surface area contributed by atoms with Gasteiger partial charge in [0.25, 0.3) is 0 Å². The number of alkyl halides is 3. The molecule has 1 N–H and O–H groups in total. The lowest BCUT2D eigenvalue weighted by atomic mass is 9.91. The number of allylic oxidation sites excluding steroid dienone is 1. The molecule has 5 nitrogen and oxygen atoms in total. The van der Waals surface area contributed by atoms with Crippen LogP contribution in [0.15, 0.2) is 66.2 Å². The number of alkyl carbamates (subject to hydrolysis) is 1. The highest BCUT2D eigenvalue weighted by Crippen LogP contribution is 2.29. The van der Waals surface area contributed by atoms with Crippen molar-refractivity contribution in [2.24, 2.45) is 5.92 Å². The number of halogens is 3. The minimum absolute atomic E-state index is 0.160. The van der Waals surface area contributed by atoms with Gasteiger partial charge in [-0.25, -0.2) is 4.79 Å². The van der Waals surface area contributed by atoms with Gasteiger partial charge in [0.05, 0.1) is 6.04 Å². The molecular formula is C25H28F3NO4. The first-order valence-electron chi connectivity index (χ1n) is 10.4. The average Bonchev–Trinajstić information content (AvgIpc) is 2.70. The summed E-state index contributed by atoms with van der Waals surface area (Å²) < 4.78 is 46.7. The second-order valence-corrected chi connectivity index (χ2v) is 8.64. The molecule has 0 unspecified atom stereocenters. The van der Waals surface area contributed by atoms with E-state index in [0.29, 0.717) is 16.7 Å². The first-order valence-corrected chi connectivity index (χ1v) is 10.4. The normalized spacial score (nSPS) is 14.2. The summed E-state index contributed by atoms with van der Waals surface area (Å²) in [6.07, 6.45) is -3.77. The summed E-state index contributed by atoms with van der Waals surface area (Å²) in [7, 11) is 0. The van der Waals surface area contributed by atoms with Crippen LogP contribution in [0, 0.1) is 5.92 Å². The molecule has 0 fully saturated rings. The second kappa shape index (κ2) is 10.6. The van der Waals surface area contributed by atoms with Crippen LogP contribution in [-0.2, 0) is 4.74 Å². The molecule has 0 saturated carbocycles. The molecule has 0 radical (unpaired) electrons. The van der Waals surface area contributed by atoms with Crippen molar-refractivity contribution in [1.82, 2.24) is 5.32 Å². The average molecular weight is 463 g/mol. The summed E-state index contributed by atoms with van der Waals surface area (Å²) in [6, 6.07) is 13.3. The molecule has 178 valence electrons. The van der Waals surface area contributed by atoms with Crippen LogP contribution in [0.25, 0.3) is 0 Å². The highest BCUT2D eigenvalue weighted by Gasteiger charge is 2.31. The van der Waals surface area contributed by atoms with Gasteiger partial charge in [-0.15, -0.1) is 13.2 Å². The Kier molecular flexibility index (Phi) is 8.30. The molecule has 0 aliphatic heterocycles. The van der Waals surface area contributed by atoms with Crippen molar-refractivity contribution < 1.29 is 32.2 Å². The number of Topliss-reactive ketones (excluding diaryl/α,β-unsaturated/α-hetero) is 1.